The van der Waals surface area contributed by atoms with E-state index in [4.69, 9.17) is 58.8 Å². The standard InChI is InChI=1S/C71H101N23O21S/c1-37(2)28-50(90-66(107)52-12-8-27-92(52)67(108)71(23-9-26-82-70(78)79,91-61(102)45(72)36-116-35-39-13-16-42(113-4)17-14-39)55(95)29-40-30-58(99)115-54-32-43(114-5)18-19-44(40)54)62(103)84-34-56(96)86-51(33-83-46-20-15-41(93(109)110)31-53(46)94(111)112)65(106)85-38(3)60(101)88-48(11-7-25-81-69(76)77)63(104)89-49(21-22-57(97)98)64(105)87-47(59(73)100)10-6-24-80-68(74)75/h13-20,30-32,37-38,45,47-52,83H,6-12,21-29,33-36,72H2,1-5H3,(H2,73,100)(H,84,103)(H,85,106)(H,86,96)(H,87,105)(H,88,101)(H,89,104)(H,90,107)(H,91,102)(H,97,98)(H4,74,75,80)(H4,76,77,81)(H4,78,79,82)/t38-,45-,47+,48+,49+,50-,51-,52-,71-/m0/s1. The van der Waals surface area contributed by atoms with Crippen LogP contribution in [-0.4, -0.2) is 222 Å². The first-order valence-electron chi connectivity index (χ1n) is 36.6. The number of nitrogens with two attached hydrogens (primary N) is 5. The Morgan fingerprint density at radius 2 is 1.26 bits per heavy atom. The molecule has 4 aromatic rings. The molecule has 1 aromatic heterocycles. The highest BCUT2D eigenvalue weighted by atomic mass is 32.2. The third-order valence-corrected chi connectivity index (χ3v) is 19.2. The first-order chi connectivity index (χ1) is 54.9. The number of primary amides is 1. The van der Waals surface area contributed by atoms with Gasteiger partial charge in [-0.25, -0.2) is 4.79 Å². The number of nitrogens with one attached hydrogen (secondary N) is 15. The fourth-order valence-corrected chi connectivity index (χ4v) is 13.1. The summed E-state index contributed by atoms with van der Waals surface area (Å²) >= 11 is 1.27. The van der Waals surface area contributed by atoms with E-state index in [1.807, 2.05) is 12.1 Å². The highest BCUT2D eigenvalue weighted by molar-refractivity contribution is 7.98. The maximum Gasteiger partial charge on any atom is 0.336 e. The first-order valence-corrected chi connectivity index (χ1v) is 37.8. The van der Waals surface area contributed by atoms with Crippen molar-refractivity contribution in [3.8, 4) is 11.5 Å². The average molecular weight is 1640 g/mol. The summed E-state index contributed by atoms with van der Waals surface area (Å²) in [6.45, 7) is 2.47. The summed E-state index contributed by atoms with van der Waals surface area (Å²) in [4.78, 5) is 206. The van der Waals surface area contributed by atoms with Crippen LogP contribution in [0.2, 0.25) is 0 Å². The molecule has 5 rings (SSSR count). The van der Waals surface area contributed by atoms with Gasteiger partial charge in [0.05, 0.1) is 42.7 Å². The number of rotatable bonds is 49. The lowest BCUT2D eigenvalue weighted by Crippen LogP contribution is -2.68. The molecule has 1 aliphatic rings. The van der Waals surface area contributed by atoms with Gasteiger partial charge in [0, 0.05) is 80.7 Å². The minimum absolute atomic E-state index is 0.0165. The molecular weight excluding hydrogens is 1540 g/mol. The number of hydrogen-bond acceptors (Lipinski definition) is 26. The molecular formula is C71H101N23O21S. The summed E-state index contributed by atoms with van der Waals surface area (Å²) in [5, 5.41) is 86.2. The number of anilines is 1. The van der Waals surface area contributed by atoms with Crippen molar-refractivity contribution in [2.75, 3.05) is 64.6 Å². The maximum atomic E-state index is 15.8. The van der Waals surface area contributed by atoms with Gasteiger partial charge in [0.1, 0.15) is 65.1 Å². The van der Waals surface area contributed by atoms with Crippen molar-refractivity contribution >= 4 is 128 Å². The summed E-state index contributed by atoms with van der Waals surface area (Å²) < 4.78 is 16.0. The van der Waals surface area contributed by atoms with Crippen LogP contribution in [0.3, 0.4) is 0 Å². The van der Waals surface area contributed by atoms with Gasteiger partial charge in [-0.3, -0.25) is 94.0 Å². The summed E-state index contributed by atoms with van der Waals surface area (Å²) in [5.74, 6) is -13.4. The highest BCUT2D eigenvalue weighted by Gasteiger charge is 2.52. The zero-order valence-corrected chi connectivity index (χ0v) is 65.3. The second kappa shape index (κ2) is 45.7. The molecule has 1 fully saturated rings. The number of fused-ring (bicyclic) bond motifs is 1. The molecule has 26 N–H and O–H groups in total. The van der Waals surface area contributed by atoms with E-state index in [2.05, 4.69) is 63.8 Å². The highest BCUT2D eigenvalue weighted by Crippen LogP contribution is 2.32. The van der Waals surface area contributed by atoms with E-state index in [9.17, 15) is 78.1 Å². The lowest BCUT2D eigenvalue weighted by Gasteiger charge is -2.38. The lowest BCUT2D eigenvalue weighted by molar-refractivity contribution is -0.393. The topological polar surface area (TPSA) is 709 Å². The SMILES string of the molecule is COc1ccc(CSC[C@H](N)C(=O)N[C@@](CCCNC(=N)N)(C(=O)Cc2cc(=O)oc3cc(OC)ccc23)C(=O)N2CCC[C@H]2C(=O)N[C@@H](CC(C)C)C(=O)NCC(=O)N[C@@H](CNc2ccc([N+](=O)[O-])cc2[N+](=O)[O-])C(=O)N[C@@H](C)C(=O)N[C@H](CCCNC(=N)N)C(=O)N[C@H](CCC(=O)O)C(=O)N[C@H](CCCNC(=N)N)C(N)=O)cc1. The van der Waals surface area contributed by atoms with Crippen LogP contribution in [0.4, 0.5) is 17.1 Å². The summed E-state index contributed by atoms with van der Waals surface area (Å²) in [5.41, 5.74) is 24.0. The van der Waals surface area contributed by atoms with Gasteiger partial charge in [-0.05, 0) is 119 Å². The normalized spacial score (nSPS) is 14.6. The first kappa shape index (κ1) is 93.6. The average Bonchev–Trinajstić information content (AvgIpc) is 1.59. The summed E-state index contributed by atoms with van der Waals surface area (Å²) in [7, 11) is 2.90. The zero-order valence-electron chi connectivity index (χ0n) is 64.4. The number of carboxylic acids is 1. The van der Waals surface area contributed by atoms with Gasteiger partial charge in [0.25, 0.3) is 17.3 Å². The van der Waals surface area contributed by atoms with Gasteiger partial charge in [-0.1, -0.05) is 26.0 Å². The van der Waals surface area contributed by atoms with E-state index in [0.717, 1.165) is 35.6 Å². The monoisotopic (exact) mass is 1640 g/mol. The third kappa shape index (κ3) is 29.5. The number of hydrogen-bond donors (Lipinski definition) is 21. The van der Waals surface area contributed by atoms with E-state index in [-0.39, 0.29) is 112 Å². The number of aliphatic carboxylic acids is 1. The fraction of sp³-hybridized carbons (Fsp3) is 0.493. The molecule has 9 atom stereocenters. The molecule has 45 heteroatoms. The number of nitro benzene ring substituents is 2. The number of thioether (sulfide) groups is 1. The Hall–Kier alpha value is -13.0. The maximum absolute atomic E-state index is 15.8. The Morgan fingerprint density at radius 1 is 0.672 bits per heavy atom. The molecule has 10 amide bonds. The molecule has 0 saturated carbocycles. The molecule has 116 heavy (non-hydrogen) atoms. The van der Waals surface area contributed by atoms with Crippen molar-refractivity contribution < 1.29 is 86.4 Å². The van der Waals surface area contributed by atoms with Crippen LogP contribution in [0.5, 0.6) is 11.5 Å². The largest absolute Gasteiger partial charge is 0.497 e. The van der Waals surface area contributed by atoms with Gasteiger partial charge < -0.3 is 116 Å². The number of nitro groups is 2. The van der Waals surface area contributed by atoms with Crippen LogP contribution in [0.15, 0.2) is 75.9 Å². The number of guanidine groups is 3. The van der Waals surface area contributed by atoms with Crippen LogP contribution in [0.1, 0.15) is 103 Å². The molecule has 0 unspecified atom stereocenters. The molecule has 44 nitrogen and oxygen atoms in total. The van der Waals surface area contributed by atoms with E-state index >= 15 is 9.59 Å². The molecule has 0 bridgehead atoms. The second-order valence-electron chi connectivity index (χ2n) is 27.4. The van der Waals surface area contributed by atoms with Crippen molar-refractivity contribution in [3.63, 3.8) is 0 Å². The van der Waals surface area contributed by atoms with Crippen LogP contribution >= 0.6 is 11.8 Å². The van der Waals surface area contributed by atoms with Crippen LogP contribution < -0.4 is 108 Å². The van der Waals surface area contributed by atoms with Crippen molar-refractivity contribution in [1.82, 2.24) is 63.4 Å². The Bertz CT molecular complexity index is 4320. The Morgan fingerprint density at radius 3 is 1.84 bits per heavy atom. The van der Waals surface area contributed by atoms with Crippen molar-refractivity contribution in [2.24, 2.45) is 34.6 Å². The molecule has 2 heterocycles. The van der Waals surface area contributed by atoms with Gasteiger partial charge in [0.15, 0.2) is 29.2 Å². The van der Waals surface area contributed by atoms with E-state index < -0.39 is 208 Å². The molecule has 1 saturated heterocycles. The van der Waals surface area contributed by atoms with Gasteiger partial charge in [-0.2, -0.15) is 11.8 Å². The number of ether oxygens (including phenoxy) is 2. The van der Waals surface area contributed by atoms with E-state index in [1.165, 1.54) is 38.1 Å². The number of benzene rings is 3. The van der Waals surface area contributed by atoms with Crippen LogP contribution in [0.25, 0.3) is 11.0 Å². The van der Waals surface area contributed by atoms with Gasteiger partial charge >= 0.3 is 11.6 Å². The number of nitrogens with zero attached hydrogens (tertiary/aromatic N) is 3. The number of carbonyl (C=O) groups excluding carboxylic acids is 11. The van der Waals surface area contributed by atoms with Gasteiger partial charge in [-0.15, -0.1) is 0 Å². The van der Waals surface area contributed by atoms with E-state index in [0.29, 0.717) is 23.3 Å². The number of carboxylic acid groups (broad SMARTS) is 1. The summed E-state index contributed by atoms with van der Waals surface area (Å²) in [6.07, 6.45) is -2.85. The minimum atomic E-state index is -2.57. The number of Topliss-reactive ketones (excluding diaryl/α,β-unsaturated/α-hetero) is 1. The fourth-order valence-electron chi connectivity index (χ4n) is 12.1. The van der Waals surface area contributed by atoms with Crippen molar-refractivity contribution in [3.05, 3.63) is 109 Å². The molecule has 1 aliphatic heterocycles. The second-order valence-corrected chi connectivity index (χ2v) is 28.4. The smallest absolute Gasteiger partial charge is 0.336 e. The van der Waals surface area contributed by atoms with Crippen LogP contribution in [0, 0.1) is 42.4 Å². The number of carbonyl (C=O) groups is 12. The quantitative estimate of drug-likeness (QED) is 0.00404. The number of methoxy groups -OCH3 is 2. The minimum Gasteiger partial charge on any atom is -0.497 e. The number of non-ortho nitro benzene ring substituents is 1. The number of likely N-dealkylation sites (tertiary alicyclic amines) is 1. The molecule has 632 valence electrons. The predicted molar refractivity (Wildman–Crippen MR) is 422 cm³/mol. The molecule has 0 aliphatic carbocycles. The molecule has 3 aromatic carbocycles. The predicted octanol–water partition coefficient (Wildman–Crippen LogP) is -2.81. The molecule has 0 radical (unpaired) electrons. The Labute approximate surface area is 668 Å². The summed E-state index contributed by atoms with van der Waals surface area (Å²) in [6, 6.07) is 2.56. The van der Waals surface area contributed by atoms with Crippen molar-refractivity contribution in [1.29, 1.82) is 16.2 Å². The number of amides is 10. The van der Waals surface area contributed by atoms with E-state index in [1.54, 1.807) is 32.0 Å². The Kier molecular flexibility index (Phi) is 36.9. The lowest BCUT2D eigenvalue weighted by atomic mass is 9.82. The molecule has 0 spiro atoms. The van der Waals surface area contributed by atoms with Crippen molar-refractivity contribution in [2.45, 2.75) is 157 Å². The van der Waals surface area contributed by atoms with Crippen LogP contribution in [-0.2, 0) is 69.7 Å². The Balaban J connectivity index is 1.43. The third-order valence-electron chi connectivity index (χ3n) is 18.1. The number of ketones is 1. The van der Waals surface area contributed by atoms with Gasteiger partial charge in [0.2, 0.25) is 53.2 Å². The zero-order chi connectivity index (χ0) is 86.1.